The van der Waals surface area contributed by atoms with Crippen LogP contribution in [-0.4, -0.2) is 57.9 Å². The van der Waals surface area contributed by atoms with Gasteiger partial charge in [-0.05, 0) is 56.2 Å². The predicted octanol–water partition coefficient (Wildman–Crippen LogP) is 3.57. The van der Waals surface area contributed by atoms with E-state index in [0.717, 1.165) is 56.9 Å². The SMILES string of the molecule is CCNC(=NCCc1cccc(OC)c1)N(C)CCC1CCOCC1.I. The fourth-order valence-electron chi connectivity index (χ4n) is 3.11. The summed E-state index contributed by atoms with van der Waals surface area (Å²) in [5, 5.41) is 3.41. The maximum Gasteiger partial charge on any atom is 0.193 e. The molecule has 0 amide bonds. The summed E-state index contributed by atoms with van der Waals surface area (Å²) in [7, 11) is 3.83. The van der Waals surface area contributed by atoms with Gasteiger partial charge in [0.05, 0.1) is 7.11 Å². The van der Waals surface area contributed by atoms with Gasteiger partial charge in [0.2, 0.25) is 0 Å². The van der Waals surface area contributed by atoms with Crippen molar-refractivity contribution in [2.24, 2.45) is 10.9 Å². The third-order valence-electron chi connectivity index (χ3n) is 4.71. The van der Waals surface area contributed by atoms with E-state index in [9.17, 15) is 0 Å². The van der Waals surface area contributed by atoms with Crippen LogP contribution in [0.25, 0.3) is 0 Å². The van der Waals surface area contributed by atoms with E-state index in [-0.39, 0.29) is 24.0 Å². The summed E-state index contributed by atoms with van der Waals surface area (Å²) < 4.78 is 10.7. The number of methoxy groups -OCH3 is 1. The molecule has 6 heteroatoms. The van der Waals surface area contributed by atoms with Crippen LogP contribution in [0.4, 0.5) is 0 Å². The second-order valence-electron chi connectivity index (χ2n) is 6.60. The molecule has 1 aromatic rings. The van der Waals surface area contributed by atoms with Crippen LogP contribution in [0.3, 0.4) is 0 Å². The number of nitrogens with zero attached hydrogens (tertiary/aromatic N) is 2. The predicted molar refractivity (Wildman–Crippen MR) is 119 cm³/mol. The van der Waals surface area contributed by atoms with E-state index in [2.05, 4.69) is 36.3 Å². The number of rotatable bonds is 8. The largest absolute Gasteiger partial charge is 0.497 e. The fraction of sp³-hybridized carbons (Fsp3) is 0.650. The summed E-state index contributed by atoms with van der Waals surface area (Å²) in [5.41, 5.74) is 1.25. The monoisotopic (exact) mass is 475 g/mol. The minimum absolute atomic E-state index is 0. The minimum atomic E-state index is 0. The Balaban J connectivity index is 0.00000338. The van der Waals surface area contributed by atoms with Gasteiger partial charge in [-0.25, -0.2) is 0 Å². The van der Waals surface area contributed by atoms with Crippen molar-refractivity contribution in [3.8, 4) is 5.75 Å². The molecule has 0 saturated carbocycles. The van der Waals surface area contributed by atoms with E-state index in [4.69, 9.17) is 14.5 Å². The fourth-order valence-corrected chi connectivity index (χ4v) is 3.11. The number of guanidine groups is 1. The van der Waals surface area contributed by atoms with Crippen molar-refractivity contribution < 1.29 is 9.47 Å². The molecule has 1 N–H and O–H groups in total. The Morgan fingerprint density at radius 1 is 1.35 bits per heavy atom. The first-order chi connectivity index (χ1) is 12.2. The molecule has 0 bridgehead atoms. The number of aliphatic imine (C=N–C) groups is 1. The molecular weight excluding hydrogens is 441 g/mol. The molecule has 1 heterocycles. The summed E-state index contributed by atoms with van der Waals surface area (Å²) in [6.45, 7) is 6.66. The van der Waals surface area contributed by atoms with Crippen LogP contribution in [0.5, 0.6) is 5.75 Å². The standard InChI is InChI=1S/C20H33N3O2.HI/c1-4-21-20(23(2)13-9-17-10-14-25-15-11-17)22-12-8-18-6-5-7-19(16-18)24-3;/h5-7,16-17H,4,8-15H2,1-3H3,(H,21,22);1H. The molecular formula is C20H34IN3O2. The van der Waals surface area contributed by atoms with Gasteiger partial charge in [-0.2, -0.15) is 0 Å². The Bertz CT molecular complexity index is 534. The van der Waals surface area contributed by atoms with Crippen molar-refractivity contribution in [3.05, 3.63) is 29.8 Å². The lowest BCUT2D eigenvalue weighted by atomic mass is 9.96. The second-order valence-corrected chi connectivity index (χ2v) is 6.60. The van der Waals surface area contributed by atoms with Crippen LogP contribution in [0.1, 0.15) is 31.7 Å². The van der Waals surface area contributed by atoms with E-state index in [0.29, 0.717) is 0 Å². The summed E-state index contributed by atoms with van der Waals surface area (Å²) in [6, 6.07) is 8.21. The smallest absolute Gasteiger partial charge is 0.193 e. The van der Waals surface area contributed by atoms with E-state index < -0.39 is 0 Å². The van der Waals surface area contributed by atoms with Gasteiger partial charge in [0.15, 0.2) is 5.96 Å². The number of ether oxygens (including phenoxy) is 2. The highest BCUT2D eigenvalue weighted by Gasteiger charge is 2.15. The molecule has 1 fully saturated rings. The Hall–Kier alpha value is -1.02. The highest BCUT2D eigenvalue weighted by molar-refractivity contribution is 14.0. The zero-order chi connectivity index (χ0) is 17.9. The van der Waals surface area contributed by atoms with Crippen molar-refractivity contribution in [3.63, 3.8) is 0 Å². The minimum Gasteiger partial charge on any atom is -0.497 e. The van der Waals surface area contributed by atoms with Gasteiger partial charge in [0, 0.05) is 39.9 Å². The van der Waals surface area contributed by atoms with Gasteiger partial charge in [-0.15, -0.1) is 24.0 Å². The average molecular weight is 475 g/mol. The first-order valence-electron chi connectivity index (χ1n) is 9.43. The number of nitrogens with one attached hydrogen (secondary N) is 1. The highest BCUT2D eigenvalue weighted by atomic mass is 127. The van der Waals surface area contributed by atoms with Crippen LogP contribution < -0.4 is 10.1 Å². The van der Waals surface area contributed by atoms with E-state index in [1.165, 1.54) is 24.8 Å². The van der Waals surface area contributed by atoms with Crippen LogP contribution in [0.15, 0.2) is 29.3 Å². The molecule has 0 radical (unpaired) electrons. The summed E-state index contributed by atoms with van der Waals surface area (Å²) in [4.78, 5) is 7.05. The number of hydrogen-bond acceptors (Lipinski definition) is 3. The summed E-state index contributed by atoms with van der Waals surface area (Å²) >= 11 is 0. The van der Waals surface area contributed by atoms with Gasteiger partial charge in [-0.1, -0.05) is 12.1 Å². The van der Waals surface area contributed by atoms with Gasteiger partial charge in [0.25, 0.3) is 0 Å². The molecule has 5 nitrogen and oxygen atoms in total. The molecule has 0 spiro atoms. The maximum absolute atomic E-state index is 5.45. The molecule has 148 valence electrons. The Morgan fingerprint density at radius 3 is 2.81 bits per heavy atom. The van der Waals surface area contributed by atoms with Gasteiger partial charge < -0.3 is 19.7 Å². The molecule has 0 aliphatic carbocycles. The molecule has 2 rings (SSSR count). The van der Waals surface area contributed by atoms with E-state index in [1.54, 1.807) is 7.11 Å². The quantitative estimate of drug-likeness (QED) is 0.355. The molecule has 0 aromatic heterocycles. The topological polar surface area (TPSA) is 46.1 Å². The van der Waals surface area contributed by atoms with Crippen molar-refractivity contribution >= 4 is 29.9 Å². The Morgan fingerprint density at radius 2 is 2.12 bits per heavy atom. The normalized spacial score (nSPS) is 15.3. The van der Waals surface area contributed by atoms with Crippen LogP contribution in [0.2, 0.25) is 0 Å². The van der Waals surface area contributed by atoms with Crippen LogP contribution in [-0.2, 0) is 11.2 Å². The van der Waals surface area contributed by atoms with Crippen LogP contribution in [0, 0.1) is 5.92 Å². The molecule has 0 unspecified atom stereocenters. The number of benzene rings is 1. The summed E-state index contributed by atoms with van der Waals surface area (Å²) in [6.07, 6.45) is 4.51. The second kappa shape index (κ2) is 13.2. The number of hydrogen-bond donors (Lipinski definition) is 1. The van der Waals surface area contributed by atoms with Crippen LogP contribution >= 0.6 is 24.0 Å². The first kappa shape index (κ1) is 23.0. The third-order valence-corrected chi connectivity index (χ3v) is 4.71. The average Bonchev–Trinajstić information content (AvgIpc) is 2.66. The van der Waals surface area contributed by atoms with E-state index in [1.807, 2.05) is 12.1 Å². The highest BCUT2D eigenvalue weighted by Crippen LogP contribution is 2.18. The molecule has 26 heavy (non-hydrogen) atoms. The van der Waals surface area contributed by atoms with Crippen molar-refractivity contribution in [2.45, 2.75) is 32.6 Å². The molecule has 1 saturated heterocycles. The lowest BCUT2D eigenvalue weighted by molar-refractivity contribution is 0.0625. The zero-order valence-corrected chi connectivity index (χ0v) is 18.7. The van der Waals surface area contributed by atoms with Gasteiger partial charge in [0.1, 0.15) is 5.75 Å². The Labute approximate surface area is 175 Å². The van der Waals surface area contributed by atoms with Gasteiger partial charge in [-0.3, -0.25) is 4.99 Å². The van der Waals surface area contributed by atoms with Crippen molar-refractivity contribution in [1.29, 1.82) is 0 Å². The van der Waals surface area contributed by atoms with Gasteiger partial charge >= 0.3 is 0 Å². The third kappa shape index (κ3) is 8.12. The lowest BCUT2D eigenvalue weighted by Crippen LogP contribution is -2.40. The molecule has 1 aromatic carbocycles. The van der Waals surface area contributed by atoms with Crippen molar-refractivity contribution in [2.75, 3.05) is 47.0 Å². The number of halogens is 1. The lowest BCUT2D eigenvalue weighted by Gasteiger charge is -2.26. The summed E-state index contributed by atoms with van der Waals surface area (Å²) in [5.74, 6) is 2.69. The Kier molecular flexibility index (Phi) is 11.7. The van der Waals surface area contributed by atoms with E-state index >= 15 is 0 Å². The first-order valence-corrected chi connectivity index (χ1v) is 9.43. The maximum atomic E-state index is 5.45. The molecule has 0 atom stereocenters. The molecule has 1 aliphatic heterocycles. The van der Waals surface area contributed by atoms with Crippen molar-refractivity contribution in [1.82, 2.24) is 10.2 Å². The zero-order valence-electron chi connectivity index (χ0n) is 16.4. The molecule has 1 aliphatic rings.